The second-order valence-corrected chi connectivity index (χ2v) is 2.19. The molecule has 0 saturated heterocycles. The number of aromatic nitrogens is 2. The molecule has 1 aromatic heterocycles. The molecule has 1 aromatic rings. The predicted octanol–water partition coefficient (Wildman–Crippen LogP) is -0.474. The van der Waals surface area contributed by atoms with Crippen LogP contribution < -0.4 is 10.8 Å². The molecule has 0 aliphatic carbocycles. The number of hydrogen-bond donors (Lipinski definition) is 1. The van der Waals surface area contributed by atoms with Crippen LogP contribution in [0.15, 0.2) is 4.52 Å². The first kappa shape index (κ1) is 7.96. The van der Waals surface area contributed by atoms with Gasteiger partial charge in [-0.1, -0.05) is 0 Å². The van der Waals surface area contributed by atoms with Gasteiger partial charge in [0.1, 0.15) is 6.61 Å². The third kappa shape index (κ3) is 1.89. The van der Waals surface area contributed by atoms with E-state index in [9.17, 15) is 0 Å². The molecule has 1 rings (SSSR count). The lowest BCUT2D eigenvalue weighted by Gasteiger charge is -2.02. The number of hydrogen-bond acceptors (Lipinski definition) is 6. The van der Waals surface area contributed by atoms with Crippen LogP contribution in [0, 0.1) is 0 Å². The summed E-state index contributed by atoms with van der Waals surface area (Å²) in [6, 6.07) is 0. The Kier molecular flexibility index (Phi) is 2.40. The quantitative estimate of drug-likeness (QED) is 0.599. The van der Waals surface area contributed by atoms with Crippen molar-refractivity contribution in [3.05, 3.63) is 5.89 Å². The van der Waals surface area contributed by atoms with Crippen LogP contribution in [0.4, 0.5) is 5.95 Å². The summed E-state index contributed by atoms with van der Waals surface area (Å²) in [6.45, 7) is 0.140. The zero-order valence-electron chi connectivity index (χ0n) is 6.44. The summed E-state index contributed by atoms with van der Waals surface area (Å²) in [5.41, 5.74) is 0. The van der Waals surface area contributed by atoms with Crippen molar-refractivity contribution in [2.24, 2.45) is 5.90 Å². The first-order valence-electron chi connectivity index (χ1n) is 3.05. The molecule has 6 heteroatoms. The van der Waals surface area contributed by atoms with Crippen LogP contribution in [-0.4, -0.2) is 24.2 Å². The van der Waals surface area contributed by atoms with E-state index in [-0.39, 0.29) is 6.61 Å². The van der Waals surface area contributed by atoms with E-state index in [0.29, 0.717) is 11.8 Å². The fourth-order valence-electron chi connectivity index (χ4n) is 0.557. The first-order chi connectivity index (χ1) is 5.24. The van der Waals surface area contributed by atoms with Crippen molar-refractivity contribution in [2.75, 3.05) is 19.0 Å². The minimum Gasteiger partial charge on any atom is -0.344 e. The number of nitrogens with two attached hydrogens (primary N) is 1. The van der Waals surface area contributed by atoms with Crippen LogP contribution in [0.3, 0.4) is 0 Å². The molecule has 0 amide bonds. The summed E-state index contributed by atoms with van der Waals surface area (Å²) in [6.07, 6.45) is 0. The van der Waals surface area contributed by atoms with Gasteiger partial charge in [0.2, 0.25) is 0 Å². The standard InChI is InChI=1S/C5H10N4O2/c1-9(2)5-7-4(3-10-6)11-8-5/h3,6H2,1-2H3. The van der Waals surface area contributed by atoms with Crippen molar-refractivity contribution in [1.29, 1.82) is 0 Å². The monoisotopic (exact) mass is 158 g/mol. The van der Waals surface area contributed by atoms with Crippen molar-refractivity contribution < 1.29 is 9.36 Å². The van der Waals surface area contributed by atoms with Crippen LogP contribution in [0.1, 0.15) is 5.89 Å². The average molecular weight is 158 g/mol. The van der Waals surface area contributed by atoms with Crippen molar-refractivity contribution >= 4 is 5.95 Å². The zero-order chi connectivity index (χ0) is 8.27. The summed E-state index contributed by atoms with van der Waals surface area (Å²) in [4.78, 5) is 9.97. The van der Waals surface area contributed by atoms with Gasteiger partial charge < -0.3 is 9.42 Å². The Morgan fingerprint density at radius 1 is 1.64 bits per heavy atom. The number of anilines is 1. The maximum absolute atomic E-state index is 4.80. The molecule has 0 unspecified atom stereocenters. The average Bonchev–Trinajstić information content (AvgIpc) is 2.37. The highest BCUT2D eigenvalue weighted by Gasteiger charge is 2.06. The van der Waals surface area contributed by atoms with Gasteiger partial charge in [-0.25, -0.2) is 5.90 Å². The van der Waals surface area contributed by atoms with E-state index in [1.54, 1.807) is 4.90 Å². The molecule has 0 fully saturated rings. The molecule has 62 valence electrons. The van der Waals surface area contributed by atoms with Crippen LogP contribution >= 0.6 is 0 Å². The van der Waals surface area contributed by atoms with E-state index in [2.05, 4.69) is 15.0 Å². The molecule has 0 saturated carbocycles. The molecular weight excluding hydrogens is 148 g/mol. The molecule has 1 heterocycles. The lowest BCUT2D eigenvalue weighted by molar-refractivity contribution is 0.0995. The van der Waals surface area contributed by atoms with Gasteiger partial charge in [0, 0.05) is 14.1 Å². The molecule has 0 aliphatic heterocycles. The Morgan fingerprint density at radius 3 is 2.82 bits per heavy atom. The molecule has 6 nitrogen and oxygen atoms in total. The highest BCUT2D eigenvalue weighted by Crippen LogP contribution is 2.04. The smallest absolute Gasteiger partial charge is 0.265 e. The summed E-state index contributed by atoms with van der Waals surface area (Å²) >= 11 is 0. The first-order valence-corrected chi connectivity index (χ1v) is 3.05. The molecule has 0 aliphatic rings. The molecule has 0 atom stereocenters. The predicted molar refractivity (Wildman–Crippen MR) is 37.6 cm³/mol. The minimum absolute atomic E-state index is 0.140. The van der Waals surface area contributed by atoms with E-state index in [4.69, 9.17) is 10.4 Å². The Balaban J connectivity index is 2.66. The highest BCUT2D eigenvalue weighted by molar-refractivity contribution is 5.23. The molecule has 0 spiro atoms. The van der Waals surface area contributed by atoms with E-state index in [0.717, 1.165) is 0 Å². The largest absolute Gasteiger partial charge is 0.344 e. The lowest BCUT2D eigenvalue weighted by Crippen LogP contribution is -2.10. The highest BCUT2D eigenvalue weighted by atomic mass is 16.6. The normalized spacial score (nSPS) is 10.1. The molecule has 0 radical (unpaired) electrons. The van der Waals surface area contributed by atoms with Crippen molar-refractivity contribution in [3.8, 4) is 0 Å². The molecule has 0 aromatic carbocycles. The fourth-order valence-corrected chi connectivity index (χ4v) is 0.557. The van der Waals surface area contributed by atoms with Gasteiger partial charge in [-0.15, -0.1) is 0 Å². The summed E-state index contributed by atoms with van der Waals surface area (Å²) in [5.74, 6) is 5.69. The third-order valence-electron chi connectivity index (χ3n) is 1.06. The minimum atomic E-state index is 0.140. The summed E-state index contributed by atoms with van der Waals surface area (Å²) < 4.78 is 4.76. The van der Waals surface area contributed by atoms with E-state index >= 15 is 0 Å². The Morgan fingerprint density at radius 2 is 2.36 bits per heavy atom. The lowest BCUT2D eigenvalue weighted by atomic mass is 10.7. The van der Waals surface area contributed by atoms with Crippen LogP contribution in [0.2, 0.25) is 0 Å². The summed E-state index contributed by atoms with van der Waals surface area (Å²) in [5, 5.41) is 3.64. The van der Waals surface area contributed by atoms with Crippen LogP contribution in [0.5, 0.6) is 0 Å². The van der Waals surface area contributed by atoms with E-state index in [1.165, 1.54) is 0 Å². The summed E-state index contributed by atoms with van der Waals surface area (Å²) in [7, 11) is 3.63. The van der Waals surface area contributed by atoms with Gasteiger partial charge in [0.15, 0.2) is 0 Å². The zero-order valence-corrected chi connectivity index (χ0v) is 6.44. The van der Waals surface area contributed by atoms with Gasteiger partial charge in [0.25, 0.3) is 11.8 Å². The Hall–Kier alpha value is -1.14. The molecule has 0 bridgehead atoms. The SMILES string of the molecule is CN(C)c1noc(CON)n1. The topological polar surface area (TPSA) is 77.4 Å². The molecule has 2 N–H and O–H groups in total. The van der Waals surface area contributed by atoms with Crippen LogP contribution in [-0.2, 0) is 11.4 Å². The van der Waals surface area contributed by atoms with Crippen molar-refractivity contribution in [2.45, 2.75) is 6.61 Å². The number of nitrogens with zero attached hydrogens (tertiary/aromatic N) is 3. The van der Waals surface area contributed by atoms with Gasteiger partial charge in [-0.05, 0) is 5.16 Å². The maximum Gasteiger partial charge on any atom is 0.265 e. The van der Waals surface area contributed by atoms with Crippen molar-refractivity contribution in [3.63, 3.8) is 0 Å². The second-order valence-electron chi connectivity index (χ2n) is 2.19. The third-order valence-corrected chi connectivity index (χ3v) is 1.06. The van der Waals surface area contributed by atoms with Crippen LogP contribution in [0.25, 0.3) is 0 Å². The van der Waals surface area contributed by atoms with Gasteiger partial charge in [-0.2, -0.15) is 4.98 Å². The Bertz CT molecular complexity index is 222. The van der Waals surface area contributed by atoms with Crippen molar-refractivity contribution in [1.82, 2.24) is 10.1 Å². The van der Waals surface area contributed by atoms with Gasteiger partial charge in [-0.3, -0.25) is 4.84 Å². The molecular formula is C5H10N4O2. The van der Waals surface area contributed by atoms with Gasteiger partial charge >= 0.3 is 0 Å². The van der Waals surface area contributed by atoms with E-state index in [1.807, 2.05) is 14.1 Å². The van der Waals surface area contributed by atoms with Gasteiger partial charge in [0.05, 0.1) is 0 Å². The Labute approximate surface area is 63.9 Å². The number of rotatable bonds is 3. The fraction of sp³-hybridized carbons (Fsp3) is 0.600. The second kappa shape index (κ2) is 3.31. The molecule has 11 heavy (non-hydrogen) atoms. The maximum atomic E-state index is 4.80. The van der Waals surface area contributed by atoms with E-state index < -0.39 is 0 Å².